The number of nitro groups is 1. The van der Waals surface area contributed by atoms with Crippen LogP contribution in [0.4, 0.5) is 5.69 Å². The second kappa shape index (κ2) is 7.45. The maximum atomic E-state index is 10.6. The van der Waals surface area contributed by atoms with E-state index in [0.717, 1.165) is 36.1 Å². The number of halogens is 1. The normalized spacial score (nSPS) is 10.9. The van der Waals surface area contributed by atoms with Crippen LogP contribution in [0.5, 0.6) is 0 Å². The van der Waals surface area contributed by atoms with Gasteiger partial charge < -0.3 is 10.2 Å². The Balaban J connectivity index is 2.59. The predicted octanol–water partition coefficient (Wildman–Crippen LogP) is 2.40. The van der Waals surface area contributed by atoms with Gasteiger partial charge >= 0.3 is 0 Å². The molecule has 0 amide bonds. The van der Waals surface area contributed by atoms with Crippen LogP contribution in [0, 0.1) is 10.1 Å². The highest BCUT2D eigenvalue weighted by molar-refractivity contribution is 9.10. The molecule has 0 aliphatic heterocycles. The molecule has 1 N–H and O–H groups in total. The van der Waals surface area contributed by atoms with Crippen LogP contribution in [-0.2, 0) is 6.54 Å². The Kier molecular flexibility index (Phi) is 6.24. The van der Waals surface area contributed by atoms with E-state index < -0.39 is 0 Å². The summed E-state index contributed by atoms with van der Waals surface area (Å²) < 4.78 is 0.789. The van der Waals surface area contributed by atoms with Crippen LogP contribution in [0.25, 0.3) is 0 Å². The summed E-state index contributed by atoms with van der Waals surface area (Å²) in [5.74, 6) is 0. The zero-order valence-corrected chi connectivity index (χ0v) is 12.2. The third kappa shape index (κ3) is 4.72. The van der Waals surface area contributed by atoms with Crippen LogP contribution in [0.15, 0.2) is 22.7 Å². The van der Waals surface area contributed by atoms with Gasteiger partial charge in [-0.1, -0.05) is 15.9 Å². The molecule has 0 heterocycles. The van der Waals surface area contributed by atoms with Crippen molar-refractivity contribution >= 4 is 21.6 Å². The third-order valence-electron chi connectivity index (χ3n) is 2.65. The van der Waals surface area contributed by atoms with E-state index in [2.05, 4.69) is 26.1 Å². The Morgan fingerprint density at radius 3 is 2.78 bits per heavy atom. The lowest BCUT2D eigenvalue weighted by atomic mass is 10.2. The van der Waals surface area contributed by atoms with E-state index in [1.165, 1.54) is 0 Å². The van der Waals surface area contributed by atoms with E-state index in [-0.39, 0.29) is 10.6 Å². The standard InChI is InChI=1S/C12H18BrN3O2/c1-14-6-3-7-15(2)9-10-4-5-11(16(17)18)8-12(10)13/h4-5,8,14H,3,6-7,9H2,1-2H3. The summed E-state index contributed by atoms with van der Waals surface area (Å²) in [5.41, 5.74) is 1.18. The Morgan fingerprint density at radius 2 is 2.22 bits per heavy atom. The van der Waals surface area contributed by atoms with Crippen molar-refractivity contribution in [3.63, 3.8) is 0 Å². The minimum absolute atomic E-state index is 0.114. The molecule has 6 heteroatoms. The summed E-state index contributed by atoms with van der Waals surface area (Å²) in [4.78, 5) is 12.4. The summed E-state index contributed by atoms with van der Waals surface area (Å²) in [5, 5.41) is 13.7. The molecule has 0 atom stereocenters. The summed E-state index contributed by atoms with van der Waals surface area (Å²) in [6.07, 6.45) is 1.08. The molecule has 0 radical (unpaired) electrons. The number of hydrogen-bond donors (Lipinski definition) is 1. The second-order valence-corrected chi connectivity index (χ2v) is 5.08. The highest BCUT2D eigenvalue weighted by Crippen LogP contribution is 2.23. The fourth-order valence-electron chi connectivity index (χ4n) is 1.67. The molecule has 0 aromatic heterocycles. The van der Waals surface area contributed by atoms with Crippen LogP contribution >= 0.6 is 15.9 Å². The molecule has 5 nitrogen and oxygen atoms in total. The van der Waals surface area contributed by atoms with Crippen molar-refractivity contribution in [3.05, 3.63) is 38.3 Å². The van der Waals surface area contributed by atoms with Gasteiger partial charge in [0.2, 0.25) is 0 Å². The van der Waals surface area contributed by atoms with E-state index >= 15 is 0 Å². The van der Waals surface area contributed by atoms with Gasteiger partial charge in [0.05, 0.1) is 4.92 Å². The molecule has 1 aromatic carbocycles. The summed E-state index contributed by atoms with van der Waals surface area (Å²) in [7, 11) is 3.98. The van der Waals surface area contributed by atoms with Gasteiger partial charge in [0.15, 0.2) is 0 Å². The van der Waals surface area contributed by atoms with E-state index in [1.54, 1.807) is 18.2 Å². The first kappa shape index (κ1) is 15.1. The average molecular weight is 316 g/mol. The van der Waals surface area contributed by atoms with Gasteiger partial charge in [-0.15, -0.1) is 0 Å². The molecular formula is C12H18BrN3O2. The lowest BCUT2D eigenvalue weighted by Gasteiger charge is -2.17. The molecule has 18 heavy (non-hydrogen) atoms. The van der Waals surface area contributed by atoms with Crippen LogP contribution in [0.2, 0.25) is 0 Å². The topological polar surface area (TPSA) is 58.4 Å². The summed E-state index contributed by atoms with van der Waals surface area (Å²) >= 11 is 3.38. The van der Waals surface area contributed by atoms with Crippen molar-refractivity contribution in [2.24, 2.45) is 0 Å². The van der Waals surface area contributed by atoms with Gasteiger partial charge in [-0.3, -0.25) is 10.1 Å². The Morgan fingerprint density at radius 1 is 1.50 bits per heavy atom. The molecule has 1 aromatic rings. The lowest BCUT2D eigenvalue weighted by molar-refractivity contribution is -0.384. The number of nitrogens with one attached hydrogen (secondary N) is 1. The van der Waals surface area contributed by atoms with Gasteiger partial charge in [-0.05, 0) is 45.2 Å². The Bertz CT molecular complexity index is 412. The maximum absolute atomic E-state index is 10.6. The fraction of sp³-hybridized carbons (Fsp3) is 0.500. The number of nitrogens with zero attached hydrogens (tertiary/aromatic N) is 2. The van der Waals surface area contributed by atoms with E-state index in [4.69, 9.17) is 0 Å². The molecule has 0 aliphatic carbocycles. The van der Waals surface area contributed by atoms with Gasteiger partial charge in [-0.25, -0.2) is 0 Å². The van der Waals surface area contributed by atoms with Crippen LogP contribution in [-0.4, -0.2) is 37.0 Å². The minimum Gasteiger partial charge on any atom is -0.320 e. The van der Waals surface area contributed by atoms with Crippen molar-refractivity contribution in [2.45, 2.75) is 13.0 Å². The monoisotopic (exact) mass is 315 g/mol. The first-order chi connectivity index (χ1) is 8.54. The van der Waals surface area contributed by atoms with Gasteiger partial charge in [0.1, 0.15) is 0 Å². The Hall–Kier alpha value is -0.980. The second-order valence-electron chi connectivity index (χ2n) is 4.23. The third-order valence-corrected chi connectivity index (χ3v) is 3.39. The molecule has 0 unspecified atom stereocenters. The van der Waals surface area contributed by atoms with Crippen molar-refractivity contribution in [3.8, 4) is 0 Å². The quantitative estimate of drug-likeness (QED) is 0.477. The first-order valence-electron chi connectivity index (χ1n) is 5.80. The molecule has 0 fully saturated rings. The molecule has 0 spiro atoms. The van der Waals surface area contributed by atoms with Crippen LogP contribution in [0.3, 0.4) is 0 Å². The van der Waals surface area contributed by atoms with Crippen LogP contribution in [0.1, 0.15) is 12.0 Å². The smallest absolute Gasteiger partial charge is 0.270 e. The zero-order valence-electron chi connectivity index (χ0n) is 10.6. The molecule has 100 valence electrons. The maximum Gasteiger partial charge on any atom is 0.270 e. The molecular weight excluding hydrogens is 298 g/mol. The fourth-order valence-corrected chi connectivity index (χ4v) is 2.17. The number of rotatable bonds is 7. The van der Waals surface area contributed by atoms with Crippen LogP contribution < -0.4 is 5.32 Å². The van der Waals surface area contributed by atoms with Gasteiger partial charge in [-0.2, -0.15) is 0 Å². The summed E-state index contributed by atoms with van der Waals surface area (Å²) in [6, 6.07) is 4.90. The van der Waals surface area contributed by atoms with E-state index in [9.17, 15) is 10.1 Å². The van der Waals surface area contributed by atoms with E-state index in [1.807, 2.05) is 14.1 Å². The molecule has 0 saturated heterocycles. The number of non-ortho nitro benzene ring substituents is 1. The highest BCUT2D eigenvalue weighted by atomic mass is 79.9. The average Bonchev–Trinajstić information content (AvgIpc) is 2.32. The largest absolute Gasteiger partial charge is 0.320 e. The minimum atomic E-state index is -0.384. The predicted molar refractivity (Wildman–Crippen MR) is 75.7 cm³/mol. The number of hydrogen-bond acceptors (Lipinski definition) is 4. The Labute approximate surface area is 115 Å². The van der Waals surface area contributed by atoms with Crippen molar-refractivity contribution < 1.29 is 4.92 Å². The zero-order chi connectivity index (χ0) is 13.5. The molecule has 0 bridgehead atoms. The van der Waals surface area contributed by atoms with Gasteiger partial charge in [0.25, 0.3) is 5.69 Å². The first-order valence-corrected chi connectivity index (χ1v) is 6.60. The molecule has 0 saturated carbocycles. The number of benzene rings is 1. The van der Waals surface area contributed by atoms with Crippen molar-refractivity contribution in [1.29, 1.82) is 0 Å². The van der Waals surface area contributed by atoms with Crippen molar-refractivity contribution in [2.75, 3.05) is 27.2 Å². The van der Waals surface area contributed by atoms with E-state index in [0.29, 0.717) is 0 Å². The SMILES string of the molecule is CNCCCN(C)Cc1ccc([N+](=O)[O-])cc1Br. The van der Waals surface area contributed by atoms with Gasteiger partial charge in [0, 0.05) is 23.2 Å². The number of nitro benzene ring substituents is 1. The molecule has 0 aliphatic rings. The lowest BCUT2D eigenvalue weighted by Crippen LogP contribution is -2.22. The van der Waals surface area contributed by atoms with Crippen molar-refractivity contribution in [1.82, 2.24) is 10.2 Å². The summed E-state index contributed by atoms with van der Waals surface area (Å²) in [6.45, 7) is 2.76. The highest BCUT2D eigenvalue weighted by Gasteiger charge is 2.10. The molecule has 1 rings (SSSR count).